The fraction of sp³-hybridized carbons (Fsp3) is 0.300. The van der Waals surface area contributed by atoms with Crippen molar-refractivity contribution in [1.82, 2.24) is 0 Å². The summed E-state index contributed by atoms with van der Waals surface area (Å²) >= 11 is 5.59. The molecule has 0 aliphatic heterocycles. The van der Waals surface area contributed by atoms with Crippen molar-refractivity contribution in [1.29, 1.82) is 0 Å². The van der Waals surface area contributed by atoms with Crippen LogP contribution in [0.25, 0.3) is 0 Å². The van der Waals surface area contributed by atoms with E-state index in [0.717, 1.165) is 25.3 Å². The van der Waals surface area contributed by atoms with Crippen molar-refractivity contribution < 1.29 is 31.9 Å². The molecule has 1 aromatic carbocycles. The van der Waals surface area contributed by atoms with Crippen LogP contribution in [0.4, 0.5) is 0 Å². The van der Waals surface area contributed by atoms with Gasteiger partial charge in [0.15, 0.2) is 0 Å². The van der Waals surface area contributed by atoms with Gasteiger partial charge in [-0.2, -0.15) is 18.6 Å². The predicted octanol–water partition coefficient (Wildman–Crippen LogP) is 1.82. The van der Waals surface area contributed by atoms with Crippen molar-refractivity contribution in [3.8, 4) is 0 Å². The van der Waals surface area contributed by atoms with Crippen LogP contribution in [-0.4, -0.2) is 24.4 Å². The van der Waals surface area contributed by atoms with E-state index in [1.165, 1.54) is 0 Å². The molecule has 0 heterocycles. The van der Waals surface area contributed by atoms with Gasteiger partial charge in [-0.3, -0.25) is 0 Å². The summed E-state index contributed by atoms with van der Waals surface area (Å²) in [6, 6.07) is 7.86. The van der Waals surface area contributed by atoms with Crippen molar-refractivity contribution in [3.05, 3.63) is 42.3 Å². The Hall–Kier alpha value is 0.0143. The SMILES string of the molecule is CO.CO.[CH2-]c1ccccc1CCl.[Ti]. The molecule has 0 aliphatic carbocycles. The van der Waals surface area contributed by atoms with Crippen LogP contribution in [-0.2, 0) is 27.6 Å². The van der Waals surface area contributed by atoms with Crippen LogP contribution in [0.15, 0.2) is 24.3 Å². The minimum atomic E-state index is 0. The molecule has 14 heavy (non-hydrogen) atoms. The third kappa shape index (κ3) is 8.61. The number of rotatable bonds is 1. The van der Waals surface area contributed by atoms with E-state index in [2.05, 4.69) is 6.92 Å². The van der Waals surface area contributed by atoms with Crippen LogP contribution in [0, 0.1) is 6.92 Å². The summed E-state index contributed by atoms with van der Waals surface area (Å²) in [5.41, 5.74) is 2.13. The van der Waals surface area contributed by atoms with Crippen LogP contribution >= 0.6 is 11.6 Å². The van der Waals surface area contributed by atoms with Crippen molar-refractivity contribution in [2.24, 2.45) is 0 Å². The molecular weight excluding hydrogens is 235 g/mol. The standard InChI is InChI=1S/C8H8Cl.2CH4O.Ti/c1-7-4-2-3-5-8(7)6-9;2*1-2;/h2-5H,1,6H2;2*2H,1H3;/q-1;;;. The molecule has 0 amide bonds. The largest absolute Gasteiger partial charge is 0.400 e. The molecule has 0 saturated heterocycles. The second-order valence-corrected chi connectivity index (χ2v) is 2.17. The number of halogens is 1. The number of hydrogen-bond donors (Lipinski definition) is 2. The number of aliphatic hydroxyl groups excluding tert-OH is 2. The Morgan fingerprint density at radius 2 is 1.57 bits per heavy atom. The topological polar surface area (TPSA) is 40.5 Å². The minimum Gasteiger partial charge on any atom is -0.400 e. The first kappa shape index (κ1) is 19.6. The summed E-state index contributed by atoms with van der Waals surface area (Å²) in [4.78, 5) is 0. The minimum absolute atomic E-state index is 0. The van der Waals surface area contributed by atoms with E-state index < -0.39 is 0 Å². The molecule has 2 nitrogen and oxygen atoms in total. The normalized spacial score (nSPS) is 6.93. The Morgan fingerprint density at radius 1 is 1.14 bits per heavy atom. The van der Waals surface area contributed by atoms with Crippen molar-refractivity contribution >= 4 is 11.6 Å². The van der Waals surface area contributed by atoms with E-state index in [4.69, 9.17) is 21.8 Å². The predicted molar refractivity (Wildman–Crippen MR) is 56.7 cm³/mol. The number of alkyl halides is 1. The van der Waals surface area contributed by atoms with Crippen molar-refractivity contribution in [2.45, 2.75) is 5.88 Å². The number of hydrogen-bond acceptors (Lipinski definition) is 2. The second kappa shape index (κ2) is 15.5. The number of benzene rings is 1. The van der Waals surface area contributed by atoms with Crippen molar-refractivity contribution in [2.75, 3.05) is 14.2 Å². The van der Waals surface area contributed by atoms with Crippen LogP contribution in [0.2, 0.25) is 0 Å². The fourth-order valence-corrected chi connectivity index (χ4v) is 0.949. The average Bonchev–Trinajstić information content (AvgIpc) is 2.24. The van der Waals surface area contributed by atoms with Gasteiger partial charge >= 0.3 is 0 Å². The first-order valence-corrected chi connectivity index (χ1v) is 4.23. The van der Waals surface area contributed by atoms with Gasteiger partial charge in [-0.1, -0.05) is 6.07 Å². The molecule has 0 aromatic heterocycles. The van der Waals surface area contributed by atoms with E-state index in [-0.39, 0.29) is 21.7 Å². The molecule has 0 radical (unpaired) electrons. The summed E-state index contributed by atoms with van der Waals surface area (Å²) < 4.78 is 0. The molecule has 1 rings (SSSR count). The third-order valence-electron chi connectivity index (χ3n) is 1.26. The molecule has 80 valence electrons. The van der Waals surface area contributed by atoms with Crippen LogP contribution < -0.4 is 0 Å². The molecule has 0 unspecified atom stereocenters. The Bertz CT molecular complexity index is 207. The van der Waals surface area contributed by atoms with E-state index in [9.17, 15) is 0 Å². The van der Waals surface area contributed by atoms with Gasteiger partial charge in [0.05, 0.1) is 0 Å². The molecule has 0 bridgehead atoms. The van der Waals surface area contributed by atoms with Crippen LogP contribution in [0.5, 0.6) is 0 Å². The van der Waals surface area contributed by atoms with Gasteiger partial charge in [-0.25, -0.2) is 0 Å². The third-order valence-corrected chi connectivity index (χ3v) is 1.55. The molecule has 4 heteroatoms. The number of aliphatic hydroxyl groups is 2. The van der Waals surface area contributed by atoms with Gasteiger partial charge < -0.3 is 10.2 Å². The summed E-state index contributed by atoms with van der Waals surface area (Å²) in [5.74, 6) is 0.555. The Balaban J connectivity index is -0.000000216. The van der Waals surface area contributed by atoms with Gasteiger partial charge in [-0.05, 0) is 0 Å². The summed E-state index contributed by atoms with van der Waals surface area (Å²) in [7, 11) is 2.00. The molecule has 0 fully saturated rings. The van der Waals surface area contributed by atoms with E-state index in [1.807, 2.05) is 24.3 Å². The fourth-order valence-electron chi connectivity index (χ4n) is 0.688. The zero-order valence-corrected chi connectivity index (χ0v) is 10.8. The van der Waals surface area contributed by atoms with Gasteiger partial charge in [0.25, 0.3) is 0 Å². The van der Waals surface area contributed by atoms with Gasteiger partial charge in [0.2, 0.25) is 0 Å². The monoisotopic (exact) mass is 251 g/mol. The Morgan fingerprint density at radius 3 is 1.86 bits per heavy atom. The maximum Gasteiger partial charge on any atom is 0.0319 e. The van der Waals surface area contributed by atoms with Gasteiger partial charge in [0.1, 0.15) is 0 Å². The van der Waals surface area contributed by atoms with Gasteiger partial charge in [-0.15, -0.1) is 29.3 Å². The van der Waals surface area contributed by atoms with E-state index in [0.29, 0.717) is 5.88 Å². The first-order chi connectivity index (χ1) is 6.34. The summed E-state index contributed by atoms with van der Waals surface area (Å²) in [6.07, 6.45) is 0. The van der Waals surface area contributed by atoms with Crippen LogP contribution in [0.1, 0.15) is 11.1 Å². The zero-order chi connectivity index (χ0) is 10.7. The van der Waals surface area contributed by atoms with Crippen molar-refractivity contribution in [3.63, 3.8) is 0 Å². The molecule has 0 atom stereocenters. The summed E-state index contributed by atoms with van der Waals surface area (Å²) in [5, 5.41) is 14.0. The molecular formula is C10H16ClO2Ti-. The summed E-state index contributed by atoms with van der Waals surface area (Å²) in [6.45, 7) is 3.81. The van der Waals surface area contributed by atoms with E-state index in [1.54, 1.807) is 0 Å². The second-order valence-electron chi connectivity index (χ2n) is 1.90. The van der Waals surface area contributed by atoms with Crippen LogP contribution in [0.3, 0.4) is 0 Å². The quantitative estimate of drug-likeness (QED) is 0.454. The molecule has 1 aromatic rings. The smallest absolute Gasteiger partial charge is 0.0319 e. The molecule has 0 saturated carbocycles. The Kier molecular flexibility index (Phi) is 21.6. The first-order valence-electron chi connectivity index (χ1n) is 3.70. The van der Waals surface area contributed by atoms with E-state index >= 15 is 0 Å². The molecule has 2 N–H and O–H groups in total. The maximum atomic E-state index is 7.00. The maximum absolute atomic E-state index is 7.00. The molecule has 0 aliphatic rings. The molecule has 0 spiro atoms. The van der Waals surface area contributed by atoms with Gasteiger partial charge in [0, 0.05) is 41.8 Å². The average molecular weight is 252 g/mol. The Labute approximate surface area is 106 Å². The zero-order valence-electron chi connectivity index (χ0n) is 8.50.